The average Bonchev–Trinajstić information content (AvgIpc) is 3.05. The number of halogens is 1. The van der Waals surface area contributed by atoms with Crippen LogP contribution in [0.4, 0.5) is 0 Å². The monoisotopic (exact) mass is 326 g/mol. The van der Waals surface area contributed by atoms with Gasteiger partial charge in [-0.3, -0.25) is 9.78 Å². The summed E-state index contributed by atoms with van der Waals surface area (Å²) in [5.41, 5.74) is 1.99. The number of aromatic nitrogens is 4. The van der Waals surface area contributed by atoms with Crippen molar-refractivity contribution in [3.63, 3.8) is 0 Å². The molecular formula is C12H15BrN4O2. The number of alkyl halides is 1. The van der Waals surface area contributed by atoms with E-state index < -0.39 is 5.97 Å². The molecule has 6 nitrogen and oxygen atoms in total. The van der Waals surface area contributed by atoms with Crippen LogP contribution >= 0.6 is 15.9 Å². The number of H-pyrrole nitrogens is 1. The number of nitrogens with zero attached hydrogens (tertiary/aromatic N) is 3. The highest BCUT2D eigenvalue weighted by atomic mass is 79.9. The Kier molecular flexibility index (Phi) is 4.73. The molecule has 19 heavy (non-hydrogen) atoms. The van der Waals surface area contributed by atoms with E-state index in [1.165, 1.54) is 0 Å². The van der Waals surface area contributed by atoms with Crippen molar-refractivity contribution in [3.05, 3.63) is 24.0 Å². The molecular weight excluding hydrogens is 312 g/mol. The minimum atomic E-state index is -0.402. The molecule has 2 aromatic heterocycles. The molecule has 2 rings (SSSR count). The van der Waals surface area contributed by atoms with Crippen LogP contribution < -0.4 is 0 Å². The summed E-state index contributed by atoms with van der Waals surface area (Å²) in [6.45, 7) is 2.83. The second-order valence-corrected chi connectivity index (χ2v) is 4.66. The SMILES string of the molecule is CCOC(=O)c1cc(-c2ccn[nH]2)n(CCCBr)n1. The van der Waals surface area contributed by atoms with E-state index in [0.29, 0.717) is 12.3 Å². The minimum absolute atomic E-state index is 0.320. The Hall–Kier alpha value is -1.63. The smallest absolute Gasteiger partial charge is 0.358 e. The largest absolute Gasteiger partial charge is 0.461 e. The summed E-state index contributed by atoms with van der Waals surface area (Å²) in [6, 6.07) is 3.57. The van der Waals surface area contributed by atoms with Crippen molar-refractivity contribution in [1.82, 2.24) is 20.0 Å². The van der Waals surface area contributed by atoms with Gasteiger partial charge >= 0.3 is 5.97 Å². The Morgan fingerprint density at radius 1 is 1.58 bits per heavy atom. The number of rotatable bonds is 6. The van der Waals surface area contributed by atoms with Crippen LogP contribution in [0.15, 0.2) is 18.3 Å². The molecule has 0 radical (unpaired) electrons. The second kappa shape index (κ2) is 6.51. The van der Waals surface area contributed by atoms with Gasteiger partial charge in [-0.05, 0) is 19.4 Å². The van der Waals surface area contributed by atoms with Crippen LogP contribution in [0.1, 0.15) is 23.8 Å². The fraction of sp³-hybridized carbons (Fsp3) is 0.417. The molecule has 102 valence electrons. The van der Waals surface area contributed by atoms with Gasteiger partial charge in [-0.1, -0.05) is 15.9 Å². The molecule has 2 heterocycles. The Balaban J connectivity index is 2.31. The lowest BCUT2D eigenvalue weighted by Crippen LogP contribution is -2.08. The third-order valence-corrected chi connectivity index (χ3v) is 3.11. The lowest BCUT2D eigenvalue weighted by atomic mass is 10.3. The molecule has 0 aromatic carbocycles. The van der Waals surface area contributed by atoms with Crippen molar-refractivity contribution >= 4 is 21.9 Å². The summed E-state index contributed by atoms with van der Waals surface area (Å²) in [6.07, 6.45) is 2.59. The van der Waals surface area contributed by atoms with E-state index in [0.717, 1.165) is 29.7 Å². The average molecular weight is 327 g/mol. The summed E-state index contributed by atoms with van der Waals surface area (Å²) in [5.74, 6) is -0.402. The van der Waals surface area contributed by atoms with Crippen LogP contribution in [0.3, 0.4) is 0 Å². The van der Waals surface area contributed by atoms with Crippen LogP contribution in [-0.4, -0.2) is 37.9 Å². The predicted molar refractivity (Wildman–Crippen MR) is 74.2 cm³/mol. The number of carbonyl (C=O) groups excluding carboxylic acids is 1. The highest BCUT2D eigenvalue weighted by molar-refractivity contribution is 9.09. The fourth-order valence-electron chi connectivity index (χ4n) is 1.72. The summed E-state index contributed by atoms with van der Waals surface area (Å²) >= 11 is 3.39. The van der Waals surface area contributed by atoms with Gasteiger partial charge in [0.25, 0.3) is 0 Å². The number of aryl methyl sites for hydroxylation is 1. The Morgan fingerprint density at radius 2 is 2.42 bits per heavy atom. The highest BCUT2D eigenvalue weighted by Gasteiger charge is 2.16. The first-order valence-electron chi connectivity index (χ1n) is 6.07. The number of ether oxygens (including phenoxy) is 1. The topological polar surface area (TPSA) is 72.8 Å². The third-order valence-electron chi connectivity index (χ3n) is 2.54. The van der Waals surface area contributed by atoms with Gasteiger partial charge in [-0.25, -0.2) is 4.79 Å². The molecule has 0 fully saturated rings. The number of nitrogens with one attached hydrogen (secondary N) is 1. The van der Waals surface area contributed by atoms with Gasteiger partial charge in [0.2, 0.25) is 0 Å². The van der Waals surface area contributed by atoms with Crippen LogP contribution in [0.2, 0.25) is 0 Å². The molecule has 0 aliphatic heterocycles. The van der Waals surface area contributed by atoms with Crippen LogP contribution in [0.25, 0.3) is 11.4 Å². The minimum Gasteiger partial charge on any atom is -0.461 e. The van der Waals surface area contributed by atoms with Gasteiger partial charge in [0.05, 0.1) is 18.0 Å². The number of esters is 1. The van der Waals surface area contributed by atoms with Gasteiger partial charge in [0, 0.05) is 24.1 Å². The number of aromatic amines is 1. The lowest BCUT2D eigenvalue weighted by Gasteiger charge is -2.03. The molecule has 0 amide bonds. The van der Waals surface area contributed by atoms with E-state index >= 15 is 0 Å². The van der Waals surface area contributed by atoms with Crippen LogP contribution in [0.5, 0.6) is 0 Å². The summed E-state index contributed by atoms with van der Waals surface area (Å²) in [7, 11) is 0. The molecule has 7 heteroatoms. The molecule has 0 unspecified atom stereocenters. The van der Waals surface area contributed by atoms with Crippen molar-refractivity contribution in [2.24, 2.45) is 0 Å². The Labute approximate surface area is 119 Å². The van der Waals surface area contributed by atoms with E-state index in [-0.39, 0.29) is 0 Å². The van der Waals surface area contributed by atoms with Crippen molar-refractivity contribution < 1.29 is 9.53 Å². The van der Waals surface area contributed by atoms with Crippen LogP contribution in [0, 0.1) is 0 Å². The molecule has 0 spiro atoms. The molecule has 1 N–H and O–H groups in total. The molecule has 0 saturated heterocycles. The molecule has 0 saturated carbocycles. The van der Waals surface area contributed by atoms with Gasteiger partial charge < -0.3 is 4.74 Å². The summed E-state index contributed by atoms with van der Waals surface area (Å²) in [4.78, 5) is 11.7. The maximum absolute atomic E-state index is 11.7. The zero-order valence-corrected chi connectivity index (χ0v) is 12.2. The van der Waals surface area contributed by atoms with E-state index in [4.69, 9.17) is 4.74 Å². The second-order valence-electron chi connectivity index (χ2n) is 3.87. The normalized spacial score (nSPS) is 10.6. The van der Waals surface area contributed by atoms with E-state index in [1.807, 2.05) is 6.07 Å². The number of carbonyl (C=O) groups is 1. The molecule has 0 bridgehead atoms. The quantitative estimate of drug-likeness (QED) is 0.652. The lowest BCUT2D eigenvalue weighted by molar-refractivity contribution is 0.0518. The van der Waals surface area contributed by atoms with Gasteiger partial charge in [0.15, 0.2) is 5.69 Å². The third kappa shape index (κ3) is 3.23. The summed E-state index contributed by atoms with van der Waals surface area (Å²) in [5, 5.41) is 12.0. The Morgan fingerprint density at radius 3 is 3.05 bits per heavy atom. The molecule has 0 aliphatic rings. The highest BCUT2D eigenvalue weighted by Crippen LogP contribution is 2.19. The van der Waals surface area contributed by atoms with Crippen molar-refractivity contribution in [3.8, 4) is 11.4 Å². The zero-order valence-electron chi connectivity index (χ0n) is 10.6. The number of hydrogen-bond donors (Lipinski definition) is 1. The van der Waals surface area contributed by atoms with E-state index in [2.05, 4.69) is 31.2 Å². The van der Waals surface area contributed by atoms with E-state index in [9.17, 15) is 4.79 Å². The van der Waals surface area contributed by atoms with Gasteiger partial charge in [0.1, 0.15) is 0 Å². The fourth-order valence-corrected chi connectivity index (χ4v) is 1.97. The summed E-state index contributed by atoms with van der Waals surface area (Å²) < 4.78 is 6.76. The molecule has 2 aromatic rings. The van der Waals surface area contributed by atoms with Gasteiger partial charge in [-0.2, -0.15) is 10.2 Å². The first kappa shape index (κ1) is 13.8. The van der Waals surface area contributed by atoms with Crippen molar-refractivity contribution in [1.29, 1.82) is 0 Å². The van der Waals surface area contributed by atoms with E-state index in [1.54, 1.807) is 23.9 Å². The molecule has 0 atom stereocenters. The maximum Gasteiger partial charge on any atom is 0.358 e. The van der Waals surface area contributed by atoms with Crippen LogP contribution in [-0.2, 0) is 11.3 Å². The van der Waals surface area contributed by atoms with Gasteiger partial charge in [-0.15, -0.1) is 0 Å². The predicted octanol–water partition coefficient (Wildman–Crippen LogP) is 2.23. The number of hydrogen-bond acceptors (Lipinski definition) is 4. The first-order chi connectivity index (χ1) is 9.26. The maximum atomic E-state index is 11.7. The van der Waals surface area contributed by atoms with Crippen molar-refractivity contribution in [2.45, 2.75) is 19.9 Å². The molecule has 0 aliphatic carbocycles. The Bertz CT molecular complexity index is 536. The first-order valence-corrected chi connectivity index (χ1v) is 7.19. The standard InChI is InChI=1S/C12H15BrN4O2/c1-2-19-12(18)10-8-11(9-4-6-14-15-9)17(16-10)7-3-5-13/h4,6,8H,2-3,5,7H2,1H3,(H,14,15). The zero-order chi connectivity index (χ0) is 13.7. The van der Waals surface area contributed by atoms with Crippen molar-refractivity contribution in [2.75, 3.05) is 11.9 Å².